The summed E-state index contributed by atoms with van der Waals surface area (Å²) in [5, 5.41) is 8.10. The molecule has 0 fully saturated rings. The van der Waals surface area contributed by atoms with Crippen LogP contribution in [-0.2, 0) is 7.05 Å². The van der Waals surface area contributed by atoms with E-state index in [9.17, 15) is 0 Å². The number of aromatic nitrogens is 2. The molecule has 0 aliphatic rings. The Hall–Kier alpha value is -2.24. The first-order valence-corrected chi connectivity index (χ1v) is 8.98. The average Bonchev–Trinajstić information content (AvgIpc) is 3.06. The van der Waals surface area contributed by atoms with Gasteiger partial charge in [-0.05, 0) is 36.4 Å². The van der Waals surface area contributed by atoms with Gasteiger partial charge < -0.3 is 5.32 Å². The molecule has 0 spiro atoms. The normalized spacial score (nSPS) is 10.8. The zero-order chi connectivity index (χ0) is 16.8. The van der Waals surface area contributed by atoms with E-state index in [0.29, 0.717) is 0 Å². The molecule has 2 N–H and O–H groups in total. The quantitative estimate of drug-likeness (QED) is 0.504. The summed E-state index contributed by atoms with van der Waals surface area (Å²) in [7, 11) is 3.89. The van der Waals surface area contributed by atoms with Gasteiger partial charge in [-0.25, -0.2) is 0 Å². The zero-order valence-electron chi connectivity index (χ0n) is 14.0. The fourth-order valence-electron chi connectivity index (χ4n) is 2.62. The monoisotopic (exact) mass is 338 g/mol. The van der Waals surface area contributed by atoms with Gasteiger partial charge in [0.2, 0.25) is 0 Å². The highest BCUT2D eigenvalue weighted by Gasteiger charge is 2.10. The van der Waals surface area contributed by atoms with Crippen molar-refractivity contribution < 1.29 is 0 Å². The Balaban J connectivity index is 1.93. The van der Waals surface area contributed by atoms with Crippen LogP contribution in [0.4, 0.5) is 5.69 Å². The maximum Gasteiger partial charge on any atom is 0.0943 e. The van der Waals surface area contributed by atoms with Crippen LogP contribution in [0.25, 0.3) is 22.4 Å². The molecule has 0 amide bonds. The standard InChI is InChI=1S/C19H22N4S/c1-20-24-13-11-21-18-9-8-16(15-6-4-3-5-7-15)14-17(18)19-10-12-23(2)22-19/h3-10,12,14,20-21H,11,13H2,1-2H3. The third kappa shape index (κ3) is 3.99. The molecule has 2 aromatic carbocycles. The lowest BCUT2D eigenvalue weighted by atomic mass is 10.00. The molecule has 24 heavy (non-hydrogen) atoms. The van der Waals surface area contributed by atoms with Crippen LogP contribution in [-0.4, -0.2) is 29.1 Å². The second-order valence-corrected chi connectivity index (χ2v) is 6.59. The summed E-state index contributed by atoms with van der Waals surface area (Å²) in [5.41, 5.74) is 5.65. The van der Waals surface area contributed by atoms with Gasteiger partial charge in [0.15, 0.2) is 0 Å². The molecule has 0 saturated heterocycles. The van der Waals surface area contributed by atoms with E-state index in [-0.39, 0.29) is 0 Å². The maximum atomic E-state index is 4.58. The Morgan fingerprint density at radius 1 is 1.04 bits per heavy atom. The van der Waals surface area contributed by atoms with Crippen LogP contribution in [0.3, 0.4) is 0 Å². The third-order valence-electron chi connectivity index (χ3n) is 3.78. The van der Waals surface area contributed by atoms with Crippen molar-refractivity contribution in [2.24, 2.45) is 7.05 Å². The Bertz CT molecular complexity index is 783. The molecule has 124 valence electrons. The number of rotatable bonds is 7. The highest BCUT2D eigenvalue weighted by Crippen LogP contribution is 2.32. The van der Waals surface area contributed by atoms with Crippen LogP contribution in [0.15, 0.2) is 60.8 Å². The number of hydrogen-bond acceptors (Lipinski definition) is 4. The van der Waals surface area contributed by atoms with Gasteiger partial charge in [-0.1, -0.05) is 48.3 Å². The van der Waals surface area contributed by atoms with Crippen molar-refractivity contribution in [3.63, 3.8) is 0 Å². The zero-order valence-corrected chi connectivity index (χ0v) is 14.8. The van der Waals surface area contributed by atoms with Gasteiger partial charge in [0.05, 0.1) is 5.69 Å². The van der Waals surface area contributed by atoms with Crippen molar-refractivity contribution in [2.45, 2.75) is 0 Å². The second-order valence-electron chi connectivity index (χ2n) is 5.48. The maximum absolute atomic E-state index is 4.58. The van der Waals surface area contributed by atoms with Crippen LogP contribution in [0.2, 0.25) is 0 Å². The summed E-state index contributed by atoms with van der Waals surface area (Å²) in [4.78, 5) is 0. The molecule has 0 bridgehead atoms. The fraction of sp³-hybridized carbons (Fsp3) is 0.211. The average molecular weight is 338 g/mol. The molecule has 0 saturated carbocycles. The van der Waals surface area contributed by atoms with Crippen molar-refractivity contribution >= 4 is 17.6 Å². The first-order chi connectivity index (χ1) is 11.8. The van der Waals surface area contributed by atoms with Gasteiger partial charge in [0, 0.05) is 36.8 Å². The Morgan fingerprint density at radius 3 is 2.58 bits per heavy atom. The lowest BCUT2D eigenvalue weighted by molar-refractivity contribution is 0.771. The number of hydrogen-bond donors (Lipinski definition) is 2. The highest BCUT2D eigenvalue weighted by atomic mass is 32.2. The fourth-order valence-corrected chi connectivity index (χ4v) is 3.03. The number of benzene rings is 2. The predicted octanol–water partition coefficient (Wildman–Crippen LogP) is 4.03. The largest absolute Gasteiger partial charge is 0.384 e. The van der Waals surface area contributed by atoms with Crippen LogP contribution >= 0.6 is 11.9 Å². The minimum atomic E-state index is 0.899. The van der Waals surface area contributed by atoms with Crippen molar-refractivity contribution in [2.75, 3.05) is 24.7 Å². The van der Waals surface area contributed by atoms with E-state index in [2.05, 4.69) is 63.7 Å². The molecule has 3 aromatic rings. The summed E-state index contributed by atoms with van der Waals surface area (Å²) in [6.07, 6.45) is 1.98. The van der Waals surface area contributed by atoms with E-state index < -0.39 is 0 Å². The van der Waals surface area contributed by atoms with Gasteiger partial charge in [-0.2, -0.15) is 5.10 Å². The lowest BCUT2D eigenvalue weighted by Crippen LogP contribution is -2.08. The number of aryl methyl sites for hydroxylation is 1. The van der Waals surface area contributed by atoms with Crippen molar-refractivity contribution in [3.05, 3.63) is 60.8 Å². The second kappa shape index (κ2) is 8.04. The van der Waals surface area contributed by atoms with E-state index >= 15 is 0 Å². The number of nitrogens with one attached hydrogen (secondary N) is 2. The molecule has 0 unspecified atom stereocenters. The van der Waals surface area contributed by atoms with Crippen LogP contribution < -0.4 is 10.0 Å². The molecule has 0 atom stereocenters. The van der Waals surface area contributed by atoms with Crippen molar-refractivity contribution in [1.29, 1.82) is 0 Å². The molecule has 0 aliphatic heterocycles. The summed E-state index contributed by atoms with van der Waals surface area (Å²) >= 11 is 1.70. The van der Waals surface area contributed by atoms with E-state index in [1.807, 2.05) is 31.0 Å². The Labute approximate surface area is 147 Å². The van der Waals surface area contributed by atoms with E-state index in [1.165, 1.54) is 11.1 Å². The molecule has 3 rings (SSSR count). The van der Waals surface area contributed by atoms with E-state index in [0.717, 1.165) is 29.2 Å². The number of anilines is 1. The first kappa shape index (κ1) is 16.6. The van der Waals surface area contributed by atoms with Gasteiger partial charge in [-0.3, -0.25) is 9.40 Å². The smallest absolute Gasteiger partial charge is 0.0943 e. The van der Waals surface area contributed by atoms with Gasteiger partial charge in [0.25, 0.3) is 0 Å². The summed E-state index contributed by atoms with van der Waals surface area (Å²) in [5.74, 6) is 0.999. The molecule has 5 heteroatoms. The van der Waals surface area contributed by atoms with Crippen LogP contribution in [0.1, 0.15) is 0 Å². The van der Waals surface area contributed by atoms with Crippen LogP contribution in [0.5, 0.6) is 0 Å². The first-order valence-electron chi connectivity index (χ1n) is 8.00. The van der Waals surface area contributed by atoms with Crippen LogP contribution in [0, 0.1) is 0 Å². The summed E-state index contributed by atoms with van der Waals surface area (Å²) in [6.45, 7) is 0.899. The summed E-state index contributed by atoms with van der Waals surface area (Å²) in [6, 6.07) is 19.0. The van der Waals surface area contributed by atoms with E-state index in [4.69, 9.17) is 0 Å². The highest BCUT2D eigenvalue weighted by molar-refractivity contribution is 7.97. The van der Waals surface area contributed by atoms with E-state index in [1.54, 1.807) is 11.9 Å². The van der Waals surface area contributed by atoms with Gasteiger partial charge in [-0.15, -0.1) is 0 Å². The molecular weight excluding hydrogens is 316 g/mol. The molecular formula is C19H22N4S. The molecule has 0 radical (unpaired) electrons. The Kier molecular flexibility index (Phi) is 5.56. The Morgan fingerprint density at radius 2 is 1.88 bits per heavy atom. The SMILES string of the molecule is CNSCCNc1ccc(-c2ccccc2)cc1-c1ccn(C)n1. The lowest BCUT2D eigenvalue weighted by Gasteiger charge is -2.13. The predicted molar refractivity (Wildman–Crippen MR) is 104 cm³/mol. The number of nitrogens with zero attached hydrogens (tertiary/aromatic N) is 2. The van der Waals surface area contributed by atoms with Crippen molar-refractivity contribution in [3.8, 4) is 22.4 Å². The summed E-state index contributed by atoms with van der Waals surface area (Å²) < 4.78 is 4.93. The molecule has 0 aliphatic carbocycles. The van der Waals surface area contributed by atoms with Crippen molar-refractivity contribution in [1.82, 2.24) is 14.5 Å². The van der Waals surface area contributed by atoms with Gasteiger partial charge >= 0.3 is 0 Å². The minimum absolute atomic E-state index is 0.899. The molecule has 1 heterocycles. The van der Waals surface area contributed by atoms with Gasteiger partial charge in [0.1, 0.15) is 0 Å². The topological polar surface area (TPSA) is 41.9 Å². The minimum Gasteiger partial charge on any atom is -0.384 e. The molecule has 4 nitrogen and oxygen atoms in total. The molecule has 1 aromatic heterocycles. The third-order valence-corrected chi connectivity index (χ3v) is 4.48.